The second kappa shape index (κ2) is 7.44. The zero-order valence-electron chi connectivity index (χ0n) is 10.4. The van der Waals surface area contributed by atoms with E-state index in [2.05, 4.69) is 9.47 Å². The number of alkyl carbamates (subject to hydrolysis) is 1. The molecule has 20 heavy (non-hydrogen) atoms. The molecule has 2 amide bonds. The van der Waals surface area contributed by atoms with Crippen LogP contribution < -0.4 is 5.32 Å². The van der Waals surface area contributed by atoms with E-state index < -0.39 is 30.4 Å². The van der Waals surface area contributed by atoms with Gasteiger partial charge < -0.3 is 9.47 Å². The van der Waals surface area contributed by atoms with Gasteiger partial charge in [0.15, 0.2) is 6.61 Å². The third-order valence-corrected chi connectivity index (χ3v) is 2.24. The van der Waals surface area contributed by atoms with Gasteiger partial charge in [0.1, 0.15) is 5.82 Å². The predicted molar refractivity (Wildman–Crippen MR) is 66.9 cm³/mol. The van der Waals surface area contributed by atoms with Crippen molar-refractivity contribution in [1.82, 2.24) is 5.32 Å². The van der Waals surface area contributed by atoms with Crippen molar-refractivity contribution in [3.8, 4) is 0 Å². The minimum absolute atomic E-state index is 0.0921. The number of rotatable bonds is 4. The Kier molecular flexibility index (Phi) is 5.92. The molecule has 0 fully saturated rings. The molecule has 1 aromatic rings. The van der Waals surface area contributed by atoms with Crippen LogP contribution in [-0.2, 0) is 14.3 Å². The minimum Gasteiger partial charge on any atom is -0.452 e. The highest BCUT2D eigenvalue weighted by Crippen LogP contribution is 2.15. The monoisotopic (exact) mass is 303 g/mol. The van der Waals surface area contributed by atoms with Crippen molar-refractivity contribution < 1.29 is 28.2 Å². The first-order valence-electron chi connectivity index (χ1n) is 5.52. The van der Waals surface area contributed by atoms with Gasteiger partial charge in [-0.1, -0.05) is 11.6 Å². The van der Waals surface area contributed by atoms with Crippen molar-refractivity contribution in [2.45, 2.75) is 6.92 Å². The van der Waals surface area contributed by atoms with Gasteiger partial charge in [0.2, 0.25) is 0 Å². The maximum absolute atomic E-state index is 13.4. The molecular weight excluding hydrogens is 293 g/mol. The molecule has 1 aromatic carbocycles. The Morgan fingerprint density at radius 1 is 1.30 bits per heavy atom. The number of esters is 1. The molecule has 0 aliphatic heterocycles. The summed E-state index contributed by atoms with van der Waals surface area (Å²) in [5.41, 5.74) is -0.363. The molecule has 8 heteroatoms. The lowest BCUT2D eigenvalue weighted by Gasteiger charge is -2.06. The van der Waals surface area contributed by atoms with E-state index in [1.54, 1.807) is 6.92 Å². The number of benzene rings is 1. The molecule has 0 aliphatic carbocycles. The van der Waals surface area contributed by atoms with Crippen LogP contribution in [0.25, 0.3) is 0 Å². The number of hydrogen-bond donors (Lipinski definition) is 1. The van der Waals surface area contributed by atoms with E-state index in [9.17, 15) is 18.8 Å². The van der Waals surface area contributed by atoms with E-state index in [-0.39, 0.29) is 17.2 Å². The smallest absolute Gasteiger partial charge is 0.413 e. The number of hydrogen-bond acceptors (Lipinski definition) is 5. The highest BCUT2D eigenvalue weighted by Gasteiger charge is 2.16. The van der Waals surface area contributed by atoms with Crippen molar-refractivity contribution in [3.05, 3.63) is 34.6 Å². The van der Waals surface area contributed by atoms with Crippen LogP contribution in [0, 0.1) is 5.82 Å². The lowest BCUT2D eigenvalue weighted by molar-refractivity contribution is -0.123. The highest BCUT2D eigenvalue weighted by atomic mass is 35.5. The van der Waals surface area contributed by atoms with Crippen LogP contribution in [0.3, 0.4) is 0 Å². The van der Waals surface area contributed by atoms with Crippen LogP contribution in [0.15, 0.2) is 18.2 Å². The molecule has 0 unspecified atom stereocenters. The standard InChI is InChI=1S/C12H11ClFNO5/c1-2-19-12(18)15-10(16)6-20-11(17)8-4-3-7(13)5-9(8)14/h3-5H,2,6H2,1H3,(H,15,16,18). The lowest BCUT2D eigenvalue weighted by Crippen LogP contribution is -2.34. The second-order valence-electron chi connectivity index (χ2n) is 3.47. The average molecular weight is 304 g/mol. The Hall–Kier alpha value is -2.15. The Labute approximate surface area is 118 Å². The fourth-order valence-electron chi connectivity index (χ4n) is 1.18. The van der Waals surface area contributed by atoms with Gasteiger partial charge in [-0.25, -0.2) is 14.0 Å². The number of amides is 2. The normalized spacial score (nSPS) is 9.75. The molecule has 0 spiro atoms. The van der Waals surface area contributed by atoms with Crippen molar-refractivity contribution in [1.29, 1.82) is 0 Å². The fourth-order valence-corrected chi connectivity index (χ4v) is 1.34. The maximum Gasteiger partial charge on any atom is 0.413 e. The van der Waals surface area contributed by atoms with Crippen LogP contribution in [0.1, 0.15) is 17.3 Å². The zero-order chi connectivity index (χ0) is 15.1. The maximum atomic E-state index is 13.4. The molecule has 0 saturated carbocycles. The van der Waals surface area contributed by atoms with Gasteiger partial charge in [-0.05, 0) is 25.1 Å². The predicted octanol–water partition coefficient (Wildman–Crippen LogP) is 1.91. The van der Waals surface area contributed by atoms with Gasteiger partial charge in [0, 0.05) is 5.02 Å². The zero-order valence-corrected chi connectivity index (χ0v) is 11.2. The number of carbonyl (C=O) groups excluding carboxylic acids is 3. The summed E-state index contributed by atoms with van der Waals surface area (Å²) in [4.78, 5) is 33.6. The van der Waals surface area contributed by atoms with Gasteiger partial charge in [-0.3, -0.25) is 10.1 Å². The van der Waals surface area contributed by atoms with Crippen molar-refractivity contribution in [2.24, 2.45) is 0 Å². The molecule has 1 N–H and O–H groups in total. The molecule has 0 atom stereocenters. The van der Waals surface area contributed by atoms with Gasteiger partial charge in [-0.2, -0.15) is 0 Å². The van der Waals surface area contributed by atoms with Crippen LogP contribution >= 0.6 is 11.6 Å². The van der Waals surface area contributed by atoms with Crippen LogP contribution in [-0.4, -0.2) is 31.2 Å². The summed E-state index contributed by atoms with van der Waals surface area (Å²) in [6.45, 7) is 0.919. The summed E-state index contributed by atoms with van der Waals surface area (Å²) in [5, 5.41) is 1.94. The lowest BCUT2D eigenvalue weighted by atomic mass is 10.2. The van der Waals surface area contributed by atoms with Gasteiger partial charge in [-0.15, -0.1) is 0 Å². The summed E-state index contributed by atoms with van der Waals surface area (Å²) in [6.07, 6.45) is -0.953. The number of halogens is 2. The summed E-state index contributed by atoms with van der Waals surface area (Å²) in [7, 11) is 0. The van der Waals surface area contributed by atoms with E-state index >= 15 is 0 Å². The number of carbonyl (C=O) groups is 3. The SMILES string of the molecule is CCOC(=O)NC(=O)COC(=O)c1ccc(Cl)cc1F. The van der Waals surface area contributed by atoms with Crippen molar-refractivity contribution in [2.75, 3.05) is 13.2 Å². The fraction of sp³-hybridized carbons (Fsp3) is 0.250. The first kappa shape index (κ1) is 15.9. The van der Waals surface area contributed by atoms with Gasteiger partial charge >= 0.3 is 12.1 Å². The molecule has 0 aromatic heterocycles. The molecular formula is C12H11ClFNO5. The highest BCUT2D eigenvalue weighted by molar-refractivity contribution is 6.30. The molecule has 0 heterocycles. The van der Waals surface area contributed by atoms with Crippen LogP contribution in [0.5, 0.6) is 0 Å². The second-order valence-corrected chi connectivity index (χ2v) is 3.91. The van der Waals surface area contributed by atoms with E-state index in [4.69, 9.17) is 11.6 Å². The largest absolute Gasteiger partial charge is 0.452 e. The topological polar surface area (TPSA) is 81.7 Å². The quantitative estimate of drug-likeness (QED) is 0.859. The third kappa shape index (κ3) is 4.85. The molecule has 0 bridgehead atoms. The number of imide groups is 1. The van der Waals surface area contributed by atoms with Crippen LogP contribution in [0.2, 0.25) is 5.02 Å². The van der Waals surface area contributed by atoms with E-state index in [1.807, 2.05) is 5.32 Å². The average Bonchev–Trinajstić information content (AvgIpc) is 2.36. The Bertz CT molecular complexity index is 535. The molecule has 0 radical (unpaired) electrons. The first-order chi connectivity index (χ1) is 9.43. The van der Waals surface area contributed by atoms with Crippen molar-refractivity contribution >= 4 is 29.6 Å². The molecule has 1 rings (SSSR count). The first-order valence-corrected chi connectivity index (χ1v) is 5.90. The van der Waals surface area contributed by atoms with E-state index in [0.717, 1.165) is 12.1 Å². The Morgan fingerprint density at radius 3 is 2.60 bits per heavy atom. The third-order valence-electron chi connectivity index (χ3n) is 2.00. The van der Waals surface area contributed by atoms with Gasteiger partial charge in [0.25, 0.3) is 5.91 Å². The molecule has 0 aliphatic rings. The molecule has 0 saturated heterocycles. The minimum atomic E-state index is -1.04. The summed E-state index contributed by atoms with van der Waals surface area (Å²) < 4.78 is 22.4. The van der Waals surface area contributed by atoms with E-state index in [0.29, 0.717) is 0 Å². The van der Waals surface area contributed by atoms with E-state index in [1.165, 1.54) is 6.07 Å². The Balaban J connectivity index is 2.51. The molecule has 6 nitrogen and oxygen atoms in total. The van der Waals surface area contributed by atoms with Gasteiger partial charge in [0.05, 0.1) is 12.2 Å². The summed E-state index contributed by atoms with van der Waals surface area (Å²) in [5.74, 6) is -2.79. The summed E-state index contributed by atoms with van der Waals surface area (Å²) in [6, 6.07) is 3.38. The Morgan fingerprint density at radius 2 is 2.00 bits per heavy atom. The van der Waals surface area contributed by atoms with Crippen LogP contribution in [0.4, 0.5) is 9.18 Å². The molecule has 108 valence electrons. The number of ether oxygens (including phenoxy) is 2. The van der Waals surface area contributed by atoms with Crippen molar-refractivity contribution in [3.63, 3.8) is 0 Å². The number of nitrogens with one attached hydrogen (secondary N) is 1. The summed E-state index contributed by atoms with van der Waals surface area (Å²) >= 11 is 5.53.